The maximum atomic E-state index is 12.0. The second kappa shape index (κ2) is 8.39. The van der Waals surface area contributed by atoms with E-state index in [1.165, 1.54) is 38.1 Å². The number of carbonyl (C=O) groups excluding carboxylic acids is 2. The molecular weight excluding hydrogens is 360 g/mol. The van der Waals surface area contributed by atoms with Gasteiger partial charge in [0.15, 0.2) is 0 Å². The molecule has 2 rings (SSSR count). The highest BCUT2D eigenvalue weighted by atomic mass is 16.6. The van der Waals surface area contributed by atoms with E-state index in [-0.39, 0.29) is 18.2 Å². The Labute approximate surface area is 153 Å². The molecule has 1 heterocycles. The lowest BCUT2D eigenvalue weighted by molar-refractivity contribution is -0.384. The second-order valence-corrected chi connectivity index (χ2v) is 6.03. The van der Waals surface area contributed by atoms with Crippen LogP contribution in [0.5, 0.6) is 0 Å². The van der Waals surface area contributed by atoms with Gasteiger partial charge in [-0.2, -0.15) is 0 Å². The fourth-order valence-corrected chi connectivity index (χ4v) is 2.63. The topological polar surface area (TPSA) is 164 Å². The zero-order valence-electron chi connectivity index (χ0n) is 14.6. The van der Waals surface area contributed by atoms with Gasteiger partial charge >= 0.3 is 11.9 Å². The van der Waals surface area contributed by atoms with Crippen LogP contribution in [0, 0.1) is 16.0 Å². The van der Waals surface area contributed by atoms with Gasteiger partial charge in [0.05, 0.1) is 23.0 Å². The number of hydrogen-bond acceptors (Lipinski definition) is 7. The first-order valence-corrected chi connectivity index (χ1v) is 8.02. The minimum Gasteiger partial charge on any atom is -0.449 e. The predicted octanol–water partition coefficient (Wildman–Crippen LogP) is 0.167. The minimum absolute atomic E-state index is 0.102. The molecule has 11 heteroatoms. The summed E-state index contributed by atoms with van der Waals surface area (Å²) in [4.78, 5) is 36.3. The standard InChI is InChI=1S/C16H18N4O7/c1-8(21)12-13(18-14(12)22)9(2)27-15(19-17)16(23)26-7-10-3-5-11(6-4-10)20(24)25/h3-6,8-9,12-13,21H,7H2,1-2H3,(H,18,22)/t8-,9-,12-,13+/m1/s1. The number of benzene rings is 1. The van der Waals surface area contributed by atoms with Crippen molar-refractivity contribution in [2.75, 3.05) is 0 Å². The summed E-state index contributed by atoms with van der Waals surface area (Å²) in [5.41, 5.74) is 9.37. The summed E-state index contributed by atoms with van der Waals surface area (Å²) in [6.45, 7) is 2.78. The Morgan fingerprint density at radius 2 is 2.04 bits per heavy atom. The third-order valence-corrected chi connectivity index (χ3v) is 4.10. The molecule has 0 aliphatic carbocycles. The smallest absolute Gasteiger partial charge is 0.449 e. The van der Waals surface area contributed by atoms with Gasteiger partial charge in [-0.3, -0.25) is 14.9 Å². The maximum absolute atomic E-state index is 12.0. The van der Waals surface area contributed by atoms with Crippen molar-refractivity contribution in [1.82, 2.24) is 5.32 Å². The molecule has 2 N–H and O–H groups in total. The van der Waals surface area contributed by atoms with Gasteiger partial charge in [0, 0.05) is 12.1 Å². The average molecular weight is 378 g/mol. The number of nitrogens with zero attached hydrogens (tertiary/aromatic N) is 3. The molecule has 1 aliphatic heterocycles. The maximum Gasteiger partial charge on any atom is 0.561 e. The van der Waals surface area contributed by atoms with E-state index in [1.54, 1.807) is 0 Å². The zero-order chi connectivity index (χ0) is 20.1. The highest BCUT2D eigenvalue weighted by Crippen LogP contribution is 2.23. The Balaban J connectivity index is 1.91. The van der Waals surface area contributed by atoms with E-state index in [0.717, 1.165) is 0 Å². The highest BCUT2D eigenvalue weighted by Gasteiger charge is 2.47. The van der Waals surface area contributed by atoms with Crippen molar-refractivity contribution in [2.45, 2.75) is 38.7 Å². The van der Waals surface area contributed by atoms with E-state index in [4.69, 9.17) is 15.0 Å². The molecule has 0 radical (unpaired) electrons. The van der Waals surface area contributed by atoms with Crippen LogP contribution in [-0.2, 0) is 25.7 Å². The number of ether oxygens (including phenoxy) is 2. The molecule has 11 nitrogen and oxygen atoms in total. The number of aliphatic hydroxyl groups is 1. The molecule has 1 aromatic carbocycles. The number of β-lactam (4-membered cyclic amide) rings is 1. The highest BCUT2D eigenvalue weighted by molar-refractivity contribution is 6.30. The molecule has 144 valence electrons. The summed E-state index contributed by atoms with van der Waals surface area (Å²) in [5, 5.41) is 22.7. The van der Waals surface area contributed by atoms with Crippen LogP contribution in [-0.4, -0.2) is 50.8 Å². The lowest BCUT2D eigenvalue weighted by Gasteiger charge is -2.40. The lowest BCUT2D eigenvalue weighted by atomic mass is 9.83. The van der Waals surface area contributed by atoms with Gasteiger partial charge in [0.1, 0.15) is 12.7 Å². The van der Waals surface area contributed by atoms with Crippen molar-refractivity contribution < 1.29 is 33.9 Å². The fourth-order valence-electron chi connectivity index (χ4n) is 2.63. The first-order valence-electron chi connectivity index (χ1n) is 8.02. The molecule has 1 fully saturated rings. The summed E-state index contributed by atoms with van der Waals surface area (Å²) in [7, 11) is 0. The second-order valence-electron chi connectivity index (χ2n) is 6.03. The van der Waals surface area contributed by atoms with Crippen molar-refractivity contribution >= 4 is 23.5 Å². The van der Waals surface area contributed by atoms with E-state index in [2.05, 4.69) is 10.1 Å². The summed E-state index contributed by atoms with van der Waals surface area (Å²) in [6.07, 6.45) is -1.67. The number of aliphatic hydroxyl groups excluding tert-OH is 1. The monoisotopic (exact) mass is 378 g/mol. The number of nitrogens with one attached hydrogen (secondary N) is 1. The summed E-state index contributed by atoms with van der Waals surface area (Å²) >= 11 is 0. The first-order chi connectivity index (χ1) is 12.7. The SMILES string of the molecule is C[C@@H](O)[C@H]1C(=O)N[C@H]1[C@@H](C)OC(=[N+]=[N-])C(=O)OCc1ccc([N+](=O)[O-])cc1. The quantitative estimate of drug-likeness (QED) is 0.104. The van der Waals surface area contributed by atoms with Gasteiger partial charge in [0.2, 0.25) is 5.91 Å². The molecule has 0 bridgehead atoms. The number of non-ortho nitro benzene ring substituents is 1. The number of nitro benzene ring substituents is 1. The Morgan fingerprint density at radius 1 is 1.41 bits per heavy atom. The number of amides is 1. The summed E-state index contributed by atoms with van der Waals surface area (Å²) in [6, 6.07) is 4.80. The van der Waals surface area contributed by atoms with Crippen LogP contribution in [0.15, 0.2) is 24.3 Å². The normalized spacial score (nSPS) is 20.3. The Kier molecular flexibility index (Phi) is 6.22. The molecule has 0 aromatic heterocycles. The summed E-state index contributed by atoms with van der Waals surface area (Å²) < 4.78 is 10.2. The van der Waals surface area contributed by atoms with Crippen LogP contribution in [0.1, 0.15) is 19.4 Å². The number of esters is 1. The Morgan fingerprint density at radius 3 is 2.52 bits per heavy atom. The van der Waals surface area contributed by atoms with Gasteiger partial charge in [-0.1, -0.05) is 0 Å². The minimum atomic E-state index is -1.05. The number of rotatable bonds is 6. The van der Waals surface area contributed by atoms with Gasteiger partial charge in [-0.05, 0) is 31.5 Å². The van der Waals surface area contributed by atoms with Crippen LogP contribution in [0.3, 0.4) is 0 Å². The van der Waals surface area contributed by atoms with E-state index in [1.807, 2.05) is 0 Å². The van der Waals surface area contributed by atoms with Crippen molar-refractivity contribution in [1.29, 1.82) is 0 Å². The largest absolute Gasteiger partial charge is 0.561 e. The number of carbonyl (C=O) groups is 2. The molecule has 0 spiro atoms. The van der Waals surface area contributed by atoms with Gasteiger partial charge in [-0.15, -0.1) is 4.79 Å². The van der Waals surface area contributed by atoms with Gasteiger partial charge in [-0.25, -0.2) is 4.79 Å². The molecule has 0 saturated carbocycles. The molecule has 1 saturated heterocycles. The van der Waals surface area contributed by atoms with Crippen LogP contribution < -0.4 is 5.32 Å². The summed E-state index contributed by atoms with van der Waals surface area (Å²) in [5.74, 6) is -2.80. The molecule has 4 atom stereocenters. The van der Waals surface area contributed by atoms with Crippen molar-refractivity contribution in [3.8, 4) is 0 Å². The van der Waals surface area contributed by atoms with Crippen LogP contribution >= 0.6 is 0 Å². The molecule has 1 amide bonds. The molecule has 1 aromatic rings. The lowest BCUT2D eigenvalue weighted by Crippen LogP contribution is -2.66. The van der Waals surface area contributed by atoms with Gasteiger partial charge < -0.3 is 25.4 Å². The van der Waals surface area contributed by atoms with E-state index in [9.17, 15) is 24.8 Å². The third-order valence-electron chi connectivity index (χ3n) is 4.10. The van der Waals surface area contributed by atoms with Crippen LogP contribution in [0.2, 0.25) is 0 Å². The fraction of sp³-hybridized carbons (Fsp3) is 0.438. The number of nitro groups is 1. The van der Waals surface area contributed by atoms with E-state index in [0.29, 0.717) is 5.56 Å². The van der Waals surface area contributed by atoms with E-state index >= 15 is 0 Å². The molecule has 27 heavy (non-hydrogen) atoms. The molecular formula is C16H18N4O7. The van der Waals surface area contributed by atoms with Crippen LogP contribution in [0.4, 0.5) is 5.69 Å². The molecule has 0 unspecified atom stereocenters. The third kappa shape index (κ3) is 4.66. The molecule has 1 aliphatic rings. The van der Waals surface area contributed by atoms with Crippen LogP contribution in [0.25, 0.3) is 5.53 Å². The van der Waals surface area contributed by atoms with Gasteiger partial charge in [0.25, 0.3) is 5.69 Å². The van der Waals surface area contributed by atoms with Crippen molar-refractivity contribution in [3.63, 3.8) is 0 Å². The predicted molar refractivity (Wildman–Crippen MR) is 89.2 cm³/mol. The van der Waals surface area contributed by atoms with Crippen molar-refractivity contribution in [3.05, 3.63) is 45.5 Å². The van der Waals surface area contributed by atoms with Crippen molar-refractivity contribution in [2.24, 2.45) is 5.92 Å². The Bertz CT molecular complexity index is 786. The Hall–Kier alpha value is -3.30. The number of hydrogen-bond donors (Lipinski definition) is 2. The zero-order valence-corrected chi connectivity index (χ0v) is 14.6. The first kappa shape index (κ1) is 20.0. The van der Waals surface area contributed by atoms with E-state index < -0.39 is 41.0 Å². The average Bonchev–Trinajstić information content (AvgIpc) is 2.61.